The molecule has 2 rings (SSSR count). The average molecular weight is 124 g/mol. The molecule has 0 aliphatic heterocycles. The molecule has 0 spiro atoms. The van der Waals surface area contributed by atoms with E-state index in [1.807, 2.05) is 0 Å². The molecule has 2 saturated carbocycles. The summed E-state index contributed by atoms with van der Waals surface area (Å²) in [6, 6.07) is 0. The van der Waals surface area contributed by atoms with E-state index in [1.165, 1.54) is 18.3 Å². The topological polar surface area (TPSA) is 0 Å². The van der Waals surface area contributed by atoms with Gasteiger partial charge in [0.2, 0.25) is 0 Å². The molecule has 0 heterocycles. The number of hydrogen-bond acceptors (Lipinski definition) is 0. The van der Waals surface area contributed by atoms with Crippen molar-refractivity contribution in [3.63, 3.8) is 0 Å². The van der Waals surface area contributed by atoms with Gasteiger partial charge in [0.25, 0.3) is 0 Å². The van der Waals surface area contributed by atoms with Gasteiger partial charge in [-0.1, -0.05) is 20.8 Å². The Bertz CT molecular complexity index is 127. The van der Waals surface area contributed by atoms with Gasteiger partial charge in [-0.2, -0.15) is 0 Å². The Labute approximate surface area is 57.6 Å². The molecule has 0 N–H and O–H groups in total. The molecule has 2 aliphatic carbocycles. The Morgan fingerprint density at radius 1 is 1.44 bits per heavy atom. The van der Waals surface area contributed by atoms with Gasteiger partial charge in [-0.15, -0.1) is 0 Å². The zero-order chi connectivity index (χ0) is 6.65. The van der Waals surface area contributed by atoms with Crippen molar-refractivity contribution in [3.8, 4) is 0 Å². The average Bonchev–Trinajstić information content (AvgIpc) is 2.48. The van der Waals surface area contributed by atoms with Crippen molar-refractivity contribution in [2.75, 3.05) is 0 Å². The van der Waals surface area contributed by atoms with E-state index < -0.39 is 0 Å². The Kier molecular flexibility index (Phi) is 0.868. The molecule has 9 heavy (non-hydrogen) atoms. The monoisotopic (exact) mass is 124 g/mol. The quantitative estimate of drug-likeness (QED) is 0.531. The summed E-state index contributed by atoms with van der Waals surface area (Å²) in [5.41, 5.74) is 0.847. The summed E-state index contributed by atoms with van der Waals surface area (Å²) in [6.07, 6.45) is 2.99. The molecular formula is C9H16. The lowest BCUT2D eigenvalue weighted by Gasteiger charge is -2.24. The highest BCUT2D eigenvalue weighted by Crippen LogP contribution is 2.81. The largest absolute Gasteiger partial charge is 0.0648 e. The van der Waals surface area contributed by atoms with Crippen molar-refractivity contribution in [1.29, 1.82) is 0 Å². The van der Waals surface area contributed by atoms with Crippen LogP contribution in [0, 0.1) is 23.2 Å². The van der Waals surface area contributed by atoms with Crippen LogP contribution in [-0.2, 0) is 0 Å². The lowest BCUT2D eigenvalue weighted by atomic mass is 9.80. The van der Waals surface area contributed by atoms with Crippen molar-refractivity contribution in [2.45, 2.75) is 33.6 Å². The number of fused-ring (bicyclic) bond motifs is 1. The third kappa shape index (κ3) is 0.461. The normalized spacial score (nSPS) is 53.3. The van der Waals surface area contributed by atoms with Crippen molar-refractivity contribution < 1.29 is 0 Å². The van der Waals surface area contributed by atoms with Crippen molar-refractivity contribution >= 4 is 0 Å². The van der Waals surface area contributed by atoms with Crippen LogP contribution in [0.2, 0.25) is 0 Å². The minimum Gasteiger partial charge on any atom is -0.0648 e. The first-order valence-corrected chi connectivity index (χ1v) is 4.23. The van der Waals surface area contributed by atoms with Gasteiger partial charge in [-0.05, 0) is 36.0 Å². The fraction of sp³-hybridized carbons (Fsp3) is 1.00. The SMILES string of the molecule is CCC1(C(C)C)C2CC21. The van der Waals surface area contributed by atoms with Crippen LogP contribution in [0.4, 0.5) is 0 Å². The minimum absolute atomic E-state index is 0.847. The molecule has 0 aromatic carbocycles. The van der Waals surface area contributed by atoms with E-state index in [4.69, 9.17) is 0 Å². The zero-order valence-electron chi connectivity index (χ0n) is 6.65. The molecule has 0 heteroatoms. The number of rotatable bonds is 2. The maximum absolute atomic E-state index is 2.38. The predicted octanol–water partition coefficient (Wildman–Crippen LogP) is 2.69. The van der Waals surface area contributed by atoms with Crippen LogP contribution in [0.1, 0.15) is 33.6 Å². The second kappa shape index (κ2) is 1.36. The fourth-order valence-corrected chi connectivity index (χ4v) is 2.89. The van der Waals surface area contributed by atoms with E-state index >= 15 is 0 Å². The molecule has 2 unspecified atom stereocenters. The van der Waals surface area contributed by atoms with Crippen LogP contribution in [-0.4, -0.2) is 0 Å². The summed E-state index contributed by atoms with van der Waals surface area (Å²) in [7, 11) is 0. The summed E-state index contributed by atoms with van der Waals surface area (Å²) in [4.78, 5) is 0. The van der Waals surface area contributed by atoms with Gasteiger partial charge >= 0.3 is 0 Å². The van der Waals surface area contributed by atoms with E-state index in [9.17, 15) is 0 Å². The molecule has 0 aromatic rings. The fourth-order valence-electron chi connectivity index (χ4n) is 2.89. The van der Waals surface area contributed by atoms with E-state index in [2.05, 4.69) is 20.8 Å². The lowest BCUT2D eigenvalue weighted by molar-refractivity contribution is 0.246. The minimum atomic E-state index is 0.847. The highest BCUT2D eigenvalue weighted by atomic mass is 14.8. The third-order valence-electron chi connectivity index (χ3n) is 3.75. The van der Waals surface area contributed by atoms with E-state index in [-0.39, 0.29) is 0 Å². The Hall–Kier alpha value is 0. The second-order valence-electron chi connectivity index (χ2n) is 4.07. The zero-order valence-corrected chi connectivity index (χ0v) is 6.65. The van der Waals surface area contributed by atoms with Crippen LogP contribution in [0.25, 0.3) is 0 Å². The standard InChI is InChI=1S/C9H16/c1-4-9(6(2)3)7-5-8(7)9/h6-8H,4-5H2,1-3H3. The highest BCUT2D eigenvalue weighted by molar-refractivity contribution is 5.23. The van der Waals surface area contributed by atoms with Crippen LogP contribution in [0.3, 0.4) is 0 Å². The molecule has 2 aliphatic rings. The van der Waals surface area contributed by atoms with E-state index in [0.29, 0.717) is 0 Å². The van der Waals surface area contributed by atoms with Gasteiger partial charge in [0.15, 0.2) is 0 Å². The van der Waals surface area contributed by atoms with Crippen LogP contribution >= 0.6 is 0 Å². The van der Waals surface area contributed by atoms with Crippen LogP contribution in [0.15, 0.2) is 0 Å². The smallest absolute Gasteiger partial charge is 0.0215 e. The molecule has 0 aromatic heterocycles. The van der Waals surface area contributed by atoms with Crippen LogP contribution in [0.5, 0.6) is 0 Å². The molecule has 0 bridgehead atoms. The first-order chi connectivity index (χ1) is 4.23. The highest BCUT2D eigenvalue weighted by Gasteiger charge is 2.75. The first kappa shape index (κ1) is 5.76. The van der Waals surface area contributed by atoms with Gasteiger partial charge in [-0.3, -0.25) is 0 Å². The van der Waals surface area contributed by atoms with Crippen molar-refractivity contribution in [2.24, 2.45) is 23.2 Å². The Morgan fingerprint density at radius 3 is 2.00 bits per heavy atom. The maximum atomic E-state index is 2.38. The summed E-state index contributed by atoms with van der Waals surface area (Å²) in [5, 5.41) is 0. The summed E-state index contributed by atoms with van der Waals surface area (Å²) >= 11 is 0. The Balaban J connectivity index is 2.06. The predicted molar refractivity (Wildman–Crippen MR) is 39.2 cm³/mol. The molecule has 0 saturated heterocycles. The molecule has 0 nitrogen and oxygen atoms in total. The number of hydrogen-bond donors (Lipinski definition) is 0. The van der Waals surface area contributed by atoms with Gasteiger partial charge in [0.1, 0.15) is 0 Å². The second-order valence-corrected chi connectivity index (χ2v) is 4.07. The van der Waals surface area contributed by atoms with Crippen molar-refractivity contribution in [1.82, 2.24) is 0 Å². The molecule has 2 atom stereocenters. The van der Waals surface area contributed by atoms with Gasteiger partial charge in [-0.25, -0.2) is 0 Å². The third-order valence-corrected chi connectivity index (χ3v) is 3.75. The van der Waals surface area contributed by atoms with Crippen molar-refractivity contribution in [3.05, 3.63) is 0 Å². The molecule has 0 radical (unpaired) electrons. The van der Waals surface area contributed by atoms with Gasteiger partial charge < -0.3 is 0 Å². The molecule has 2 fully saturated rings. The van der Waals surface area contributed by atoms with Gasteiger partial charge in [0, 0.05) is 0 Å². The van der Waals surface area contributed by atoms with Gasteiger partial charge in [0.05, 0.1) is 0 Å². The molecule has 52 valence electrons. The maximum Gasteiger partial charge on any atom is -0.0215 e. The lowest BCUT2D eigenvalue weighted by Crippen LogP contribution is -2.17. The molecular weight excluding hydrogens is 108 g/mol. The first-order valence-electron chi connectivity index (χ1n) is 4.23. The summed E-state index contributed by atoms with van der Waals surface area (Å²) in [5.74, 6) is 3.29. The van der Waals surface area contributed by atoms with E-state index in [1.54, 1.807) is 6.42 Å². The van der Waals surface area contributed by atoms with Crippen LogP contribution < -0.4 is 0 Å². The summed E-state index contributed by atoms with van der Waals surface area (Å²) in [6.45, 7) is 7.12. The van der Waals surface area contributed by atoms with E-state index in [0.717, 1.165) is 11.3 Å². The summed E-state index contributed by atoms with van der Waals surface area (Å²) < 4.78 is 0. The molecule has 0 amide bonds. The Morgan fingerprint density at radius 2 is 2.00 bits per heavy atom.